The van der Waals surface area contributed by atoms with Gasteiger partial charge < -0.3 is 10.0 Å². The van der Waals surface area contributed by atoms with Gasteiger partial charge in [-0.3, -0.25) is 10.1 Å². The van der Waals surface area contributed by atoms with Gasteiger partial charge in [0, 0.05) is 33.5 Å². The third-order valence-corrected chi connectivity index (χ3v) is 4.57. The maximum Gasteiger partial charge on any atom is 0.275 e. The SMILES string of the molecule is CN(Cc1cc(Br)cs1)c1ccc([N+](=O)[O-])c(CO)c1. The number of nitrogens with zero attached hydrogens (tertiary/aromatic N) is 2. The lowest BCUT2D eigenvalue weighted by Gasteiger charge is -2.19. The van der Waals surface area contributed by atoms with Crippen LogP contribution in [-0.4, -0.2) is 17.1 Å². The van der Waals surface area contributed by atoms with Crippen LogP contribution in [0.5, 0.6) is 0 Å². The van der Waals surface area contributed by atoms with Gasteiger partial charge in [0.15, 0.2) is 0 Å². The van der Waals surface area contributed by atoms with E-state index in [1.54, 1.807) is 23.5 Å². The molecule has 0 spiro atoms. The van der Waals surface area contributed by atoms with Crippen molar-refractivity contribution in [1.29, 1.82) is 0 Å². The van der Waals surface area contributed by atoms with Gasteiger partial charge in [-0.05, 0) is 34.1 Å². The summed E-state index contributed by atoms with van der Waals surface area (Å²) in [4.78, 5) is 13.5. The van der Waals surface area contributed by atoms with Gasteiger partial charge in [0.1, 0.15) is 0 Å². The van der Waals surface area contributed by atoms with Crippen LogP contribution in [0, 0.1) is 10.1 Å². The number of rotatable bonds is 5. The van der Waals surface area contributed by atoms with Crippen LogP contribution in [0.15, 0.2) is 34.1 Å². The van der Waals surface area contributed by atoms with E-state index in [0.29, 0.717) is 12.1 Å². The second kappa shape index (κ2) is 6.34. The molecule has 0 radical (unpaired) electrons. The molecule has 0 saturated heterocycles. The van der Waals surface area contributed by atoms with Crippen LogP contribution >= 0.6 is 27.3 Å². The van der Waals surface area contributed by atoms with Crippen molar-refractivity contribution in [2.75, 3.05) is 11.9 Å². The van der Waals surface area contributed by atoms with Gasteiger partial charge in [-0.15, -0.1) is 11.3 Å². The maximum atomic E-state index is 10.8. The molecule has 7 heteroatoms. The van der Waals surface area contributed by atoms with Crippen LogP contribution in [0.3, 0.4) is 0 Å². The van der Waals surface area contributed by atoms with E-state index < -0.39 is 4.92 Å². The summed E-state index contributed by atoms with van der Waals surface area (Å²) in [6, 6.07) is 6.82. The summed E-state index contributed by atoms with van der Waals surface area (Å²) in [5, 5.41) is 22.1. The van der Waals surface area contributed by atoms with E-state index in [1.807, 2.05) is 23.4 Å². The summed E-state index contributed by atoms with van der Waals surface area (Å²) in [5.74, 6) is 0. The predicted molar refractivity (Wildman–Crippen MR) is 83.1 cm³/mol. The molecule has 0 bridgehead atoms. The number of benzene rings is 1. The predicted octanol–water partition coefficient (Wildman–Crippen LogP) is 3.55. The van der Waals surface area contributed by atoms with Crippen molar-refractivity contribution >= 4 is 38.6 Å². The Morgan fingerprint density at radius 3 is 2.75 bits per heavy atom. The molecule has 1 aromatic carbocycles. The lowest BCUT2D eigenvalue weighted by Crippen LogP contribution is -2.16. The normalized spacial score (nSPS) is 10.6. The monoisotopic (exact) mass is 356 g/mol. The van der Waals surface area contributed by atoms with Crippen molar-refractivity contribution in [3.8, 4) is 0 Å². The van der Waals surface area contributed by atoms with Crippen LogP contribution in [0.4, 0.5) is 11.4 Å². The van der Waals surface area contributed by atoms with Gasteiger partial charge in [-0.25, -0.2) is 0 Å². The van der Waals surface area contributed by atoms with Crippen molar-refractivity contribution in [1.82, 2.24) is 0 Å². The number of nitro benzene ring substituents is 1. The van der Waals surface area contributed by atoms with Crippen molar-refractivity contribution < 1.29 is 10.0 Å². The van der Waals surface area contributed by atoms with Crippen LogP contribution in [-0.2, 0) is 13.2 Å². The minimum atomic E-state index is -0.480. The molecule has 2 aromatic rings. The molecule has 1 N–H and O–H groups in total. The van der Waals surface area contributed by atoms with Gasteiger partial charge in [0.2, 0.25) is 0 Å². The van der Waals surface area contributed by atoms with Gasteiger partial charge in [0.25, 0.3) is 5.69 Å². The van der Waals surface area contributed by atoms with Crippen LogP contribution < -0.4 is 4.90 Å². The average Bonchev–Trinajstić information content (AvgIpc) is 2.83. The average molecular weight is 357 g/mol. The number of hydrogen-bond donors (Lipinski definition) is 1. The molecular formula is C13H13BrN2O3S. The lowest BCUT2D eigenvalue weighted by atomic mass is 10.1. The molecule has 0 amide bonds. The third-order valence-electron chi connectivity index (χ3n) is 2.89. The zero-order chi connectivity index (χ0) is 14.7. The number of nitro groups is 1. The zero-order valence-corrected chi connectivity index (χ0v) is 13.1. The Hall–Kier alpha value is -1.44. The first-order chi connectivity index (χ1) is 9.51. The molecule has 0 aliphatic heterocycles. The molecule has 5 nitrogen and oxygen atoms in total. The number of hydrogen-bond acceptors (Lipinski definition) is 5. The summed E-state index contributed by atoms with van der Waals surface area (Å²) in [7, 11) is 1.91. The highest BCUT2D eigenvalue weighted by Gasteiger charge is 2.15. The van der Waals surface area contributed by atoms with Gasteiger partial charge in [0.05, 0.1) is 23.6 Å². The molecule has 0 atom stereocenters. The van der Waals surface area contributed by atoms with Crippen molar-refractivity contribution in [3.05, 3.63) is 54.7 Å². The highest BCUT2D eigenvalue weighted by atomic mass is 79.9. The summed E-state index contributed by atoms with van der Waals surface area (Å²) in [6.07, 6.45) is 0. The molecule has 0 saturated carbocycles. The van der Waals surface area contributed by atoms with E-state index >= 15 is 0 Å². The molecule has 20 heavy (non-hydrogen) atoms. The van der Waals surface area contributed by atoms with Gasteiger partial charge in [-0.1, -0.05) is 0 Å². The summed E-state index contributed by atoms with van der Waals surface area (Å²) >= 11 is 5.05. The molecule has 1 aromatic heterocycles. The Bertz CT molecular complexity index is 630. The maximum absolute atomic E-state index is 10.8. The molecule has 106 valence electrons. The highest BCUT2D eigenvalue weighted by Crippen LogP contribution is 2.27. The fraction of sp³-hybridized carbons (Fsp3) is 0.231. The Kier molecular flexibility index (Phi) is 4.74. The van der Waals surface area contributed by atoms with E-state index in [2.05, 4.69) is 15.9 Å². The lowest BCUT2D eigenvalue weighted by molar-refractivity contribution is -0.385. The molecule has 0 fully saturated rings. The Balaban J connectivity index is 2.21. The Morgan fingerprint density at radius 1 is 1.45 bits per heavy atom. The van der Waals surface area contributed by atoms with E-state index in [0.717, 1.165) is 10.2 Å². The number of aliphatic hydroxyl groups excluding tert-OH is 1. The van der Waals surface area contributed by atoms with Gasteiger partial charge in [-0.2, -0.15) is 0 Å². The first-order valence-corrected chi connectivity index (χ1v) is 7.50. The van der Waals surface area contributed by atoms with Gasteiger partial charge >= 0.3 is 0 Å². The number of halogens is 1. The zero-order valence-electron chi connectivity index (χ0n) is 10.7. The molecule has 0 unspecified atom stereocenters. The van der Waals surface area contributed by atoms with Crippen LogP contribution in [0.1, 0.15) is 10.4 Å². The van der Waals surface area contributed by atoms with E-state index in [9.17, 15) is 15.2 Å². The van der Waals surface area contributed by atoms with E-state index in [4.69, 9.17) is 0 Å². The molecule has 2 rings (SSSR count). The minimum Gasteiger partial charge on any atom is -0.391 e. The second-order valence-electron chi connectivity index (χ2n) is 4.32. The Morgan fingerprint density at radius 2 is 2.20 bits per heavy atom. The molecule has 0 aliphatic carbocycles. The largest absolute Gasteiger partial charge is 0.391 e. The smallest absolute Gasteiger partial charge is 0.275 e. The van der Waals surface area contributed by atoms with Crippen LogP contribution in [0.2, 0.25) is 0 Å². The summed E-state index contributed by atoms with van der Waals surface area (Å²) in [5.41, 5.74) is 1.11. The van der Waals surface area contributed by atoms with Crippen molar-refractivity contribution in [2.45, 2.75) is 13.2 Å². The number of aliphatic hydroxyl groups is 1. The van der Waals surface area contributed by atoms with Crippen molar-refractivity contribution in [3.63, 3.8) is 0 Å². The molecule has 0 aliphatic rings. The minimum absolute atomic E-state index is 0.0523. The molecular weight excluding hydrogens is 344 g/mol. The number of anilines is 1. The first-order valence-electron chi connectivity index (χ1n) is 5.83. The number of thiophene rings is 1. The van der Waals surface area contributed by atoms with E-state index in [-0.39, 0.29) is 12.3 Å². The fourth-order valence-electron chi connectivity index (χ4n) is 1.88. The second-order valence-corrected chi connectivity index (χ2v) is 6.23. The quantitative estimate of drug-likeness (QED) is 0.657. The topological polar surface area (TPSA) is 66.6 Å². The first kappa shape index (κ1) is 15.0. The molecule has 1 heterocycles. The van der Waals surface area contributed by atoms with Crippen LogP contribution in [0.25, 0.3) is 0 Å². The summed E-state index contributed by atoms with van der Waals surface area (Å²) < 4.78 is 1.05. The highest BCUT2D eigenvalue weighted by molar-refractivity contribution is 9.10. The standard InChI is InChI=1S/C13H13BrN2O3S/c1-15(6-12-5-10(14)8-20-12)11-2-3-13(16(18)19)9(4-11)7-17/h2-5,8,17H,6-7H2,1H3. The fourth-order valence-corrected chi connectivity index (χ4v) is 3.38. The Labute approximate surface area is 128 Å². The van der Waals surface area contributed by atoms with Crippen molar-refractivity contribution in [2.24, 2.45) is 0 Å². The summed E-state index contributed by atoms with van der Waals surface area (Å²) in [6.45, 7) is 0.363. The third kappa shape index (κ3) is 3.36. The van der Waals surface area contributed by atoms with E-state index in [1.165, 1.54) is 10.9 Å².